The molecule has 0 fully saturated rings. The monoisotopic (exact) mass is 172 g/mol. The Morgan fingerprint density at radius 1 is 1.42 bits per heavy atom. The summed E-state index contributed by atoms with van der Waals surface area (Å²) in [5, 5.41) is 5.89. The van der Waals surface area contributed by atoms with Gasteiger partial charge in [-0.2, -0.15) is 0 Å². The summed E-state index contributed by atoms with van der Waals surface area (Å²) in [5.74, 6) is 0.696. The largest absolute Gasteiger partial charge is 0.355 e. The Kier molecular flexibility index (Phi) is 6.76. The zero-order valence-corrected chi connectivity index (χ0v) is 8.31. The van der Waals surface area contributed by atoms with Crippen molar-refractivity contribution in [3.63, 3.8) is 0 Å². The first kappa shape index (κ1) is 11.4. The van der Waals surface area contributed by atoms with Crippen molar-refractivity contribution in [1.82, 2.24) is 10.6 Å². The van der Waals surface area contributed by atoms with Crippen molar-refractivity contribution < 1.29 is 4.79 Å². The zero-order chi connectivity index (χ0) is 9.40. The van der Waals surface area contributed by atoms with Gasteiger partial charge in [0.1, 0.15) is 0 Å². The van der Waals surface area contributed by atoms with Crippen LogP contribution < -0.4 is 10.6 Å². The lowest BCUT2D eigenvalue weighted by atomic mass is 10.2. The molecule has 0 aromatic heterocycles. The van der Waals surface area contributed by atoms with Crippen LogP contribution in [0.2, 0.25) is 0 Å². The normalized spacial score (nSPS) is 10.3. The molecule has 0 saturated heterocycles. The minimum atomic E-state index is 0.0949. The second-order valence-electron chi connectivity index (χ2n) is 3.37. The summed E-state index contributed by atoms with van der Waals surface area (Å²) in [6, 6.07) is 0. The van der Waals surface area contributed by atoms with Crippen LogP contribution in [0.1, 0.15) is 27.2 Å². The Bertz CT molecular complexity index is 124. The van der Waals surface area contributed by atoms with E-state index in [1.165, 1.54) is 0 Å². The first-order valence-corrected chi connectivity index (χ1v) is 4.64. The van der Waals surface area contributed by atoms with Gasteiger partial charge in [0, 0.05) is 6.54 Å². The van der Waals surface area contributed by atoms with Crippen molar-refractivity contribution in [2.24, 2.45) is 5.92 Å². The summed E-state index contributed by atoms with van der Waals surface area (Å²) in [6.45, 7) is 8.41. The fraction of sp³-hybridized carbons (Fsp3) is 0.889. The van der Waals surface area contributed by atoms with Crippen LogP contribution in [0.5, 0.6) is 0 Å². The standard InChI is InChI=1S/C9H20N2O/c1-4-5-11-9(12)7-10-6-8(2)3/h8,10H,4-7H2,1-3H3,(H,11,12). The van der Waals surface area contributed by atoms with Crippen LogP contribution in [0.25, 0.3) is 0 Å². The van der Waals surface area contributed by atoms with Crippen LogP contribution in [0, 0.1) is 5.92 Å². The molecule has 0 aliphatic heterocycles. The molecule has 0 radical (unpaired) electrons. The number of carbonyl (C=O) groups excluding carboxylic acids is 1. The third-order valence-electron chi connectivity index (χ3n) is 1.41. The molecular weight excluding hydrogens is 152 g/mol. The molecule has 12 heavy (non-hydrogen) atoms. The number of hydrogen-bond acceptors (Lipinski definition) is 2. The molecule has 1 amide bonds. The average Bonchev–Trinajstić information content (AvgIpc) is 2.00. The molecule has 3 nitrogen and oxygen atoms in total. The molecule has 0 aliphatic carbocycles. The van der Waals surface area contributed by atoms with Gasteiger partial charge in [-0.05, 0) is 18.9 Å². The van der Waals surface area contributed by atoms with Crippen LogP contribution in [0.4, 0.5) is 0 Å². The van der Waals surface area contributed by atoms with Gasteiger partial charge in [0.15, 0.2) is 0 Å². The molecular formula is C9H20N2O. The summed E-state index contributed by atoms with van der Waals surface area (Å²) >= 11 is 0. The second kappa shape index (κ2) is 7.10. The predicted molar refractivity (Wildman–Crippen MR) is 51.0 cm³/mol. The Morgan fingerprint density at radius 3 is 2.58 bits per heavy atom. The SMILES string of the molecule is CCCNC(=O)CNCC(C)C. The third kappa shape index (κ3) is 7.54. The van der Waals surface area contributed by atoms with Gasteiger partial charge in [0.2, 0.25) is 5.91 Å². The minimum Gasteiger partial charge on any atom is -0.355 e. The molecule has 0 rings (SSSR count). The fourth-order valence-electron chi connectivity index (χ4n) is 0.801. The second-order valence-corrected chi connectivity index (χ2v) is 3.37. The number of nitrogens with one attached hydrogen (secondary N) is 2. The molecule has 0 bridgehead atoms. The van der Waals surface area contributed by atoms with E-state index in [1.54, 1.807) is 0 Å². The highest BCUT2D eigenvalue weighted by molar-refractivity contribution is 5.77. The van der Waals surface area contributed by atoms with Crippen LogP contribution in [0.15, 0.2) is 0 Å². The van der Waals surface area contributed by atoms with Crippen molar-refractivity contribution in [2.75, 3.05) is 19.6 Å². The molecule has 0 saturated carbocycles. The smallest absolute Gasteiger partial charge is 0.233 e. The summed E-state index contributed by atoms with van der Waals surface area (Å²) in [4.78, 5) is 11.0. The lowest BCUT2D eigenvalue weighted by molar-refractivity contribution is -0.120. The van der Waals surface area contributed by atoms with E-state index in [1.807, 2.05) is 6.92 Å². The Labute approximate surface area is 74.9 Å². The molecule has 0 spiro atoms. The van der Waals surface area contributed by atoms with Crippen LogP contribution in [-0.4, -0.2) is 25.5 Å². The van der Waals surface area contributed by atoms with E-state index in [9.17, 15) is 4.79 Å². The van der Waals surface area contributed by atoms with Gasteiger partial charge in [-0.1, -0.05) is 20.8 Å². The van der Waals surface area contributed by atoms with Crippen LogP contribution >= 0.6 is 0 Å². The Hall–Kier alpha value is -0.570. The first-order chi connectivity index (χ1) is 5.66. The van der Waals surface area contributed by atoms with E-state index < -0.39 is 0 Å². The zero-order valence-electron chi connectivity index (χ0n) is 8.31. The van der Waals surface area contributed by atoms with Crippen molar-refractivity contribution in [3.8, 4) is 0 Å². The summed E-state index contributed by atoms with van der Waals surface area (Å²) in [6.07, 6.45) is 0.996. The van der Waals surface area contributed by atoms with Gasteiger partial charge in [-0.15, -0.1) is 0 Å². The van der Waals surface area contributed by atoms with E-state index >= 15 is 0 Å². The Morgan fingerprint density at radius 2 is 2.08 bits per heavy atom. The first-order valence-electron chi connectivity index (χ1n) is 4.64. The quantitative estimate of drug-likeness (QED) is 0.621. The minimum absolute atomic E-state index is 0.0949. The topological polar surface area (TPSA) is 41.1 Å². The van der Waals surface area contributed by atoms with Crippen LogP contribution in [-0.2, 0) is 4.79 Å². The van der Waals surface area contributed by atoms with Crippen molar-refractivity contribution >= 4 is 5.91 Å². The number of amides is 1. The molecule has 3 heteroatoms. The van der Waals surface area contributed by atoms with E-state index in [-0.39, 0.29) is 5.91 Å². The molecule has 2 N–H and O–H groups in total. The predicted octanol–water partition coefficient (Wildman–Crippen LogP) is 0.758. The Balaban J connectivity index is 3.20. The van der Waals surface area contributed by atoms with Gasteiger partial charge in [-0.3, -0.25) is 4.79 Å². The lowest BCUT2D eigenvalue weighted by Gasteiger charge is -2.07. The number of hydrogen-bond donors (Lipinski definition) is 2. The van der Waals surface area contributed by atoms with Gasteiger partial charge in [0.05, 0.1) is 6.54 Å². The molecule has 0 unspecified atom stereocenters. The molecule has 0 atom stereocenters. The van der Waals surface area contributed by atoms with Gasteiger partial charge < -0.3 is 10.6 Å². The number of rotatable bonds is 6. The average molecular weight is 172 g/mol. The summed E-state index contributed by atoms with van der Waals surface area (Å²) < 4.78 is 0. The highest BCUT2D eigenvalue weighted by Gasteiger charge is 1.98. The fourth-order valence-corrected chi connectivity index (χ4v) is 0.801. The van der Waals surface area contributed by atoms with Crippen molar-refractivity contribution in [1.29, 1.82) is 0 Å². The lowest BCUT2D eigenvalue weighted by Crippen LogP contribution is -2.35. The van der Waals surface area contributed by atoms with E-state index in [0.29, 0.717) is 12.5 Å². The van der Waals surface area contributed by atoms with Gasteiger partial charge in [-0.25, -0.2) is 0 Å². The van der Waals surface area contributed by atoms with Gasteiger partial charge in [0.25, 0.3) is 0 Å². The molecule has 0 aliphatic rings. The van der Waals surface area contributed by atoms with Gasteiger partial charge >= 0.3 is 0 Å². The van der Waals surface area contributed by atoms with E-state index in [0.717, 1.165) is 19.5 Å². The molecule has 0 aromatic carbocycles. The highest BCUT2D eigenvalue weighted by Crippen LogP contribution is 1.85. The van der Waals surface area contributed by atoms with Crippen LogP contribution in [0.3, 0.4) is 0 Å². The summed E-state index contributed by atoms with van der Waals surface area (Å²) in [7, 11) is 0. The maximum Gasteiger partial charge on any atom is 0.233 e. The van der Waals surface area contributed by atoms with E-state index in [4.69, 9.17) is 0 Å². The van der Waals surface area contributed by atoms with Crippen molar-refractivity contribution in [2.45, 2.75) is 27.2 Å². The maximum absolute atomic E-state index is 11.0. The highest BCUT2D eigenvalue weighted by atomic mass is 16.1. The van der Waals surface area contributed by atoms with E-state index in [2.05, 4.69) is 24.5 Å². The van der Waals surface area contributed by atoms with Crippen molar-refractivity contribution in [3.05, 3.63) is 0 Å². The third-order valence-corrected chi connectivity index (χ3v) is 1.41. The molecule has 0 heterocycles. The molecule has 0 aromatic rings. The maximum atomic E-state index is 11.0. The summed E-state index contributed by atoms with van der Waals surface area (Å²) in [5.41, 5.74) is 0. The number of carbonyl (C=O) groups is 1. The molecule has 72 valence electrons.